The van der Waals surface area contributed by atoms with E-state index in [9.17, 15) is 14.3 Å². The molecular formula is C7H3BrFNaO2. The average molecular weight is 241 g/mol. The third kappa shape index (κ3) is 2.86. The van der Waals surface area contributed by atoms with Crippen LogP contribution in [0.15, 0.2) is 22.7 Å². The Bertz CT molecular complexity index is 303. The van der Waals surface area contributed by atoms with E-state index in [0.29, 0.717) is 4.47 Å². The van der Waals surface area contributed by atoms with Crippen molar-refractivity contribution >= 4 is 21.9 Å². The van der Waals surface area contributed by atoms with Gasteiger partial charge in [-0.1, -0.05) is 15.9 Å². The second-order valence-corrected chi connectivity index (χ2v) is 2.77. The van der Waals surface area contributed by atoms with Crippen molar-refractivity contribution in [1.29, 1.82) is 0 Å². The number of carbonyl (C=O) groups excluding carboxylic acids is 1. The second-order valence-electron chi connectivity index (χ2n) is 1.91. The summed E-state index contributed by atoms with van der Waals surface area (Å²) >= 11 is 2.94. The Morgan fingerprint density at radius 1 is 1.50 bits per heavy atom. The van der Waals surface area contributed by atoms with Gasteiger partial charge in [0.2, 0.25) is 0 Å². The molecule has 0 saturated heterocycles. The molecule has 0 aliphatic carbocycles. The van der Waals surface area contributed by atoms with Gasteiger partial charge in [-0.25, -0.2) is 4.39 Å². The van der Waals surface area contributed by atoms with Gasteiger partial charge in [0.15, 0.2) is 0 Å². The molecule has 0 aliphatic rings. The predicted molar refractivity (Wildman–Crippen MR) is 38.4 cm³/mol. The van der Waals surface area contributed by atoms with E-state index < -0.39 is 11.8 Å². The van der Waals surface area contributed by atoms with Gasteiger partial charge in [0.05, 0.1) is 5.97 Å². The zero-order chi connectivity index (χ0) is 8.43. The zero-order valence-electron chi connectivity index (χ0n) is 6.30. The standard InChI is InChI=1S/C7H4BrFO2.Na/c8-6-2-1-4(9)3-5(6)7(10)11;/h1-3H,(H,10,11);/q;+1/p-1. The summed E-state index contributed by atoms with van der Waals surface area (Å²) in [6.07, 6.45) is 0. The van der Waals surface area contributed by atoms with Crippen LogP contribution in [0.4, 0.5) is 4.39 Å². The van der Waals surface area contributed by atoms with Crippen LogP contribution >= 0.6 is 15.9 Å². The van der Waals surface area contributed by atoms with E-state index in [0.717, 1.165) is 12.1 Å². The summed E-state index contributed by atoms with van der Waals surface area (Å²) in [6, 6.07) is 3.39. The first-order valence-electron chi connectivity index (χ1n) is 2.77. The molecule has 1 aromatic carbocycles. The van der Waals surface area contributed by atoms with E-state index in [1.807, 2.05) is 0 Å². The third-order valence-corrected chi connectivity index (χ3v) is 1.84. The molecule has 0 spiro atoms. The van der Waals surface area contributed by atoms with Gasteiger partial charge in [0.25, 0.3) is 0 Å². The van der Waals surface area contributed by atoms with Crippen molar-refractivity contribution in [3.63, 3.8) is 0 Å². The molecule has 5 heteroatoms. The van der Waals surface area contributed by atoms with E-state index in [1.54, 1.807) is 0 Å². The van der Waals surface area contributed by atoms with Crippen LogP contribution in [-0.4, -0.2) is 5.97 Å². The van der Waals surface area contributed by atoms with Crippen LogP contribution in [0.1, 0.15) is 10.4 Å². The normalized spacial score (nSPS) is 8.83. The first-order valence-corrected chi connectivity index (χ1v) is 3.57. The molecule has 0 bridgehead atoms. The summed E-state index contributed by atoms with van der Waals surface area (Å²) in [5.74, 6) is -1.98. The number of carbonyl (C=O) groups is 1. The molecule has 0 amide bonds. The van der Waals surface area contributed by atoms with Gasteiger partial charge in [-0.2, -0.15) is 0 Å². The number of hydrogen-bond acceptors (Lipinski definition) is 2. The molecule has 12 heavy (non-hydrogen) atoms. The van der Waals surface area contributed by atoms with Gasteiger partial charge in [-0.15, -0.1) is 0 Å². The van der Waals surface area contributed by atoms with Crippen molar-refractivity contribution in [2.75, 3.05) is 0 Å². The molecule has 2 nitrogen and oxygen atoms in total. The van der Waals surface area contributed by atoms with E-state index in [2.05, 4.69) is 15.9 Å². The smallest absolute Gasteiger partial charge is 0.545 e. The van der Waals surface area contributed by atoms with Crippen LogP contribution < -0.4 is 34.7 Å². The molecule has 0 unspecified atom stereocenters. The maximum Gasteiger partial charge on any atom is 1.00 e. The molecule has 0 N–H and O–H groups in total. The van der Waals surface area contributed by atoms with Crippen molar-refractivity contribution in [2.45, 2.75) is 0 Å². The summed E-state index contributed by atoms with van der Waals surface area (Å²) in [4.78, 5) is 10.3. The maximum atomic E-state index is 12.4. The molecule has 0 heterocycles. The molecule has 0 aliphatic heterocycles. The molecule has 1 rings (SSSR count). The van der Waals surface area contributed by atoms with Crippen molar-refractivity contribution in [3.05, 3.63) is 34.1 Å². The average Bonchev–Trinajstić information content (AvgIpc) is 1.94. The summed E-state index contributed by atoms with van der Waals surface area (Å²) in [7, 11) is 0. The largest absolute Gasteiger partial charge is 1.00 e. The monoisotopic (exact) mass is 240 g/mol. The number of benzene rings is 1. The Hall–Kier alpha value is 0.100. The second kappa shape index (κ2) is 4.97. The molecule has 0 saturated carbocycles. The van der Waals surface area contributed by atoms with Crippen LogP contribution in [0.25, 0.3) is 0 Å². The molecule has 0 atom stereocenters. The number of aromatic carboxylic acids is 1. The van der Waals surface area contributed by atoms with E-state index in [4.69, 9.17) is 0 Å². The van der Waals surface area contributed by atoms with E-state index in [1.165, 1.54) is 6.07 Å². The van der Waals surface area contributed by atoms with Crippen LogP contribution in [0.2, 0.25) is 0 Å². The number of rotatable bonds is 1. The predicted octanol–water partition coefficient (Wildman–Crippen LogP) is -2.04. The molecule has 1 aromatic rings. The Morgan fingerprint density at radius 3 is 2.50 bits per heavy atom. The van der Waals surface area contributed by atoms with Gasteiger partial charge < -0.3 is 9.90 Å². The first-order chi connectivity index (χ1) is 5.11. The number of carboxylic acid groups (broad SMARTS) is 1. The molecule has 0 aromatic heterocycles. The van der Waals surface area contributed by atoms with Crippen LogP contribution in [0.5, 0.6) is 0 Å². The van der Waals surface area contributed by atoms with Crippen molar-refractivity contribution in [3.8, 4) is 0 Å². The number of carboxylic acids is 1. The first kappa shape index (κ1) is 12.1. The SMILES string of the molecule is O=C([O-])c1cc(F)ccc1Br.[Na+]. The minimum Gasteiger partial charge on any atom is -0.545 e. The van der Waals surface area contributed by atoms with Gasteiger partial charge in [-0.3, -0.25) is 0 Å². The fraction of sp³-hybridized carbons (Fsp3) is 0. The quantitative estimate of drug-likeness (QED) is 0.531. The van der Waals surface area contributed by atoms with E-state index in [-0.39, 0.29) is 35.1 Å². The zero-order valence-corrected chi connectivity index (χ0v) is 9.89. The fourth-order valence-corrected chi connectivity index (χ4v) is 1.06. The summed E-state index contributed by atoms with van der Waals surface area (Å²) in [6.45, 7) is 0. The Kier molecular flexibility index (Phi) is 5.01. The van der Waals surface area contributed by atoms with Gasteiger partial charge in [0, 0.05) is 10.0 Å². The maximum absolute atomic E-state index is 12.4. The Labute approximate surface area is 99.2 Å². The van der Waals surface area contributed by atoms with Crippen LogP contribution in [0, 0.1) is 5.82 Å². The molecule has 0 radical (unpaired) electrons. The van der Waals surface area contributed by atoms with Crippen molar-refractivity contribution in [1.82, 2.24) is 0 Å². The van der Waals surface area contributed by atoms with Crippen molar-refractivity contribution in [2.24, 2.45) is 0 Å². The van der Waals surface area contributed by atoms with Gasteiger partial charge in [0.1, 0.15) is 5.82 Å². The van der Waals surface area contributed by atoms with Crippen LogP contribution in [-0.2, 0) is 0 Å². The number of halogens is 2. The molecule has 58 valence electrons. The third-order valence-electron chi connectivity index (χ3n) is 1.15. The van der Waals surface area contributed by atoms with Gasteiger partial charge >= 0.3 is 29.6 Å². The Balaban J connectivity index is 0.00000121. The topological polar surface area (TPSA) is 40.1 Å². The van der Waals surface area contributed by atoms with E-state index >= 15 is 0 Å². The minimum absolute atomic E-state index is 0. The molecular weight excluding hydrogens is 238 g/mol. The van der Waals surface area contributed by atoms with Crippen molar-refractivity contribution < 1.29 is 43.8 Å². The summed E-state index contributed by atoms with van der Waals surface area (Å²) < 4.78 is 12.7. The fourth-order valence-electron chi connectivity index (χ4n) is 0.654. The summed E-state index contributed by atoms with van der Waals surface area (Å²) in [5.41, 5.74) is -0.176. The summed E-state index contributed by atoms with van der Waals surface area (Å²) in [5, 5.41) is 10.3. The molecule has 0 fully saturated rings. The van der Waals surface area contributed by atoms with Crippen LogP contribution in [0.3, 0.4) is 0 Å². The minimum atomic E-state index is -1.39. The Morgan fingerprint density at radius 2 is 2.08 bits per heavy atom. The number of hydrogen-bond donors (Lipinski definition) is 0. The van der Waals surface area contributed by atoms with Gasteiger partial charge in [-0.05, 0) is 18.2 Å².